The molecule has 9 heteroatoms. The molecule has 0 spiro atoms. The molecule has 0 aliphatic carbocycles. The Morgan fingerprint density at radius 1 is 1.09 bits per heavy atom. The maximum Gasteiger partial charge on any atom is 0.340 e. The molecule has 3 N–H and O–H groups in total. The average molecular weight is 455 g/mol. The van der Waals surface area contributed by atoms with E-state index in [0.29, 0.717) is 41.5 Å². The monoisotopic (exact) mass is 455 g/mol. The topological polar surface area (TPSA) is 126 Å². The number of hydrogen-bond acceptors (Lipinski definition) is 7. The number of phenols is 1. The summed E-state index contributed by atoms with van der Waals surface area (Å²) in [7, 11) is 0. The lowest BCUT2D eigenvalue weighted by molar-refractivity contribution is -0.131. The Morgan fingerprint density at radius 3 is 2.41 bits per heavy atom. The van der Waals surface area contributed by atoms with Crippen molar-refractivity contribution in [3.63, 3.8) is 0 Å². The van der Waals surface area contributed by atoms with Crippen molar-refractivity contribution in [2.75, 3.05) is 13.2 Å². The van der Waals surface area contributed by atoms with Gasteiger partial charge in [0.1, 0.15) is 11.3 Å². The second-order valence-corrected chi connectivity index (χ2v) is 7.21. The molecule has 0 aliphatic rings. The lowest BCUT2D eigenvalue weighted by atomic mass is 9.89. The van der Waals surface area contributed by atoms with Gasteiger partial charge in [0.05, 0.1) is 24.4 Å². The van der Waals surface area contributed by atoms with Crippen LogP contribution in [-0.2, 0) is 4.79 Å². The van der Waals surface area contributed by atoms with E-state index in [-0.39, 0.29) is 16.7 Å². The Kier molecular flexibility index (Phi) is 7.11. The normalized spacial score (nSPS) is 10.9. The maximum atomic E-state index is 12.2. The summed E-state index contributed by atoms with van der Waals surface area (Å²) in [5, 5.41) is 31.4. The van der Waals surface area contributed by atoms with E-state index in [1.165, 1.54) is 17.4 Å². The SMILES string of the molecule is CCOc1ccc(-c2c(-c3cscn3)cc(C=CC(=O)O)c(O)c2C(=O)O)cc1OCC. The van der Waals surface area contributed by atoms with E-state index >= 15 is 0 Å². The Hall–Kier alpha value is -3.85. The van der Waals surface area contributed by atoms with Gasteiger partial charge >= 0.3 is 11.9 Å². The number of hydrogen-bond donors (Lipinski definition) is 3. The average Bonchev–Trinajstić information content (AvgIpc) is 3.28. The Morgan fingerprint density at radius 2 is 1.81 bits per heavy atom. The largest absolute Gasteiger partial charge is 0.506 e. The number of aromatic hydroxyl groups is 1. The lowest BCUT2D eigenvalue weighted by Crippen LogP contribution is -2.05. The summed E-state index contributed by atoms with van der Waals surface area (Å²) in [5.74, 6) is -2.20. The fourth-order valence-corrected chi connectivity index (χ4v) is 3.80. The molecule has 166 valence electrons. The molecule has 32 heavy (non-hydrogen) atoms. The number of aliphatic carboxylic acids is 1. The number of thiazole rings is 1. The predicted octanol–water partition coefficient (Wildman–Crippen LogP) is 4.78. The zero-order valence-corrected chi connectivity index (χ0v) is 18.2. The van der Waals surface area contributed by atoms with Crippen molar-refractivity contribution in [2.24, 2.45) is 0 Å². The molecular formula is C23H21NO7S. The molecule has 8 nitrogen and oxygen atoms in total. The molecule has 0 amide bonds. The van der Waals surface area contributed by atoms with Gasteiger partial charge in [0, 0.05) is 28.1 Å². The molecule has 3 rings (SSSR count). The van der Waals surface area contributed by atoms with Crippen molar-refractivity contribution in [1.82, 2.24) is 4.98 Å². The highest BCUT2D eigenvalue weighted by atomic mass is 32.1. The van der Waals surface area contributed by atoms with Crippen molar-refractivity contribution < 1.29 is 34.4 Å². The fourth-order valence-electron chi connectivity index (χ4n) is 3.24. The number of nitrogens with zero attached hydrogens (tertiary/aromatic N) is 1. The molecule has 0 unspecified atom stereocenters. The quantitative estimate of drug-likeness (QED) is 0.394. The van der Waals surface area contributed by atoms with Gasteiger partial charge in [-0.2, -0.15) is 0 Å². The van der Waals surface area contributed by atoms with Gasteiger partial charge < -0.3 is 24.8 Å². The molecule has 0 atom stereocenters. The van der Waals surface area contributed by atoms with Gasteiger partial charge in [0.2, 0.25) is 0 Å². The van der Waals surface area contributed by atoms with E-state index in [1.54, 1.807) is 29.1 Å². The van der Waals surface area contributed by atoms with Gasteiger partial charge in [-0.3, -0.25) is 0 Å². The zero-order chi connectivity index (χ0) is 23.3. The van der Waals surface area contributed by atoms with E-state index in [0.717, 1.165) is 12.2 Å². The first-order valence-corrected chi connectivity index (χ1v) is 10.6. The summed E-state index contributed by atoms with van der Waals surface area (Å²) < 4.78 is 11.3. The van der Waals surface area contributed by atoms with E-state index in [9.17, 15) is 19.8 Å². The van der Waals surface area contributed by atoms with Gasteiger partial charge in [-0.1, -0.05) is 6.07 Å². The number of carboxylic acid groups (broad SMARTS) is 2. The van der Waals surface area contributed by atoms with Crippen molar-refractivity contribution >= 4 is 29.4 Å². The van der Waals surface area contributed by atoms with Crippen molar-refractivity contribution in [3.8, 4) is 39.6 Å². The number of rotatable bonds is 9. The first-order chi connectivity index (χ1) is 15.4. The van der Waals surface area contributed by atoms with Crippen molar-refractivity contribution in [2.45, 2.75) is 13.8 Å². The maximum absolute atomic E-state index is 12.2. The van der Waals surface area contributed by atoms with E-state index in [2.05, 4.69) is 4.98 Å². The van der Waals surface area contributed by atoms with Crippen LogP contribution in [0.2, 0.25) is 0 Å². The number of carboxylic acids is 2. The molecule has 0 aliphatic heterocycles. The molecule has 0 fully saturated rings. The third-order valence-electron chi connectivity index (χ3n) is 4.49. The molecule has 0 saturated carbocycles. The molecule has 0 saturated heterocycles. The van der Waals surface area contributed by atoms with Crippen molar-refractivity contribution in [3.05, 3.63) is 52.4 Å². The van der Waals surface area contributed by atoms with E-state index < -0.39 is 17.7 Å². The zero-order valence-electron chi connectivity index (χ0n) is 17.4. The Balaban J connectivity index is 2.36. The summed E-state index contributed by atoms with van der Waals surface area (Å²) in [6.45, 7) is 4.46. The third kappa shape index (κ3) is 4.73. The van der Waals surface area contributed by atoms with Gasteiger partial charge in [0.25, 0.3) is 0 Å². The Bertz CT molecular complexity index is 1170. The highest BCUT2D eigenvalue weighted by Crippen LogP contribution is 2.44. The molecule has 3 aromatic rings. The second kappa shape index (κ2) is 9.97. The number of aromatic nitrogens is 1. The molecule has 2 aromatic carbocycles. The van der Waals surface area contributed by atoms with E-state index in [1.807, 2.05) is 13.8 Å². The first kappa shape index (κ1) is 22.8. The lowest BCUT2D eigenvalue weighted by Gasteiger charge is -2.18. The highest BCUT2D eigenvalue weighted by molar-refractivity contribution is 7.07. The van der Waals surface area contributed by atoms with Crippen LogP contribution in [-0.4, -0.2) is 45.5 Å². The van der Waals surface area contributed by atoms with Crippen LogP contribution >= 0.6 is 11.3 Å². The molecule has 0 bridgehead atoms. The number of aromatic carboxylic acids is 1. The molecule has 1 aromatic heterocycles. The molecule has 0 radical (unpaired) electrons. The van der Waals surface area contributed by atoms with Gasteiger partial charge in [-0.05, 0) is 43.7 Å². The summed E-state index contributed by atoms with van der Waals surface area (Å²) in [4.78, 5) is 27.5. The van der Waals surface area contributed by atoms with Crippen LogP contribution in [0.15, 0.2) is 41.2 Å². The summed E-state index contributed by atoms with van der Waals surface area (Å²) in [5.41, 5.74) is 2.91. The van der Waals surface area contributed by atoms with Crippen LogP contribution < -0.4 is 9.47 Å². The summed E-state index contributed by atoms with van der Waals surface area (Å²) >= 11 is 1.32. The Labute approximate surface area is 188 Å². The highest BCUT2D eigenvalue weighted by Gasteiger charge is 2.25. The minimum atomic E-state index is -1.37. The van der Waals surface area contributed by atoms with Gasteiger partial charge in [-0.25, -0.2) is 14.6 Å². The third-order valence-corrected chi connectivity index (χ3v) is 5.08. The molecular weight excluding hydrogens is 434 g/mol. The summed E-state index contributed by atoms with van der Waals surface area (Å²) in [6.07, 6.45) is 1.98. The van der Waals surface area contributed by atoms with Crippen molar-refractivity contribution in [1.29, 1.82) is 0 Å². The fraction of sp³-hybridized carbons (Fsp3) is 0.174. The van der Waals surface area contributed by atoms with Crippen LogP contribution in [0.1, 0.15) is 29.8 Å². The van der Waals surface area contributed by atoms with Crippen LogP contribution in [0.25, 0.3) is 28.5 Å². The van der Waals surface area contributed by atoms with Gasteiger partial charge in [-0.15, -0.1) is 11.3 Å². The second-order valence-electron chi connectivity index (χ2n) is 6.49. The first-order valence-electron chi connectivity index (χ1n) is 9.70. The number of carbonyl (C=O) groups is 2. The summed E-state index contributed by atoms with van der Waals surface area (Å²) in [6, 6.07) is 6.52. The molecule has 1 heterocycles. The standard InChI is InChI=1S/C23H21NO7S/c1-3-30-17-7-5-13(10-18(17)31-4-2)20-15(16-11-32-12-24-16)9-14(6-8-19(25)26)22(27)21(20)23(28)29/h5-12,27H,3-4H2,1-2H3,(H,25,26)(H,28,29). The minimum absolute atomic E-state index is 0.0486. The number of benzene rings is 2. The minimum Gasteiger partial charge on any atom is -0.506 e. The predicted molar refractivity (Wildman–Crippen MR) is 121 cm³/mol. The number of ether oxygens (including phenoxy) is 2. The van der Waals surface area contributed by atoms with Crippen LogP contribution in [0.5, 0.6) is 17.2 Å². The van der Waals surface area contributed by atoms with Crippen LogP contribution in [0.4, 0.5) is 0 Å². The smallest absolute Gasteiger partial charge is 0.340 e. The van der Waals surface area contributed by atoms with Crippen LogP contribution in [0.3, 0.4) is 0 Å². The van der Waals surface area contributed by atoms with Crippen LogP contribution in [0, 0.1) is 0 Å². The van der Waals surface area contributed by atoms with Gasteiger partial charge in [0.15, 0.2) is 11.5 Å². The van der Waals surface area contributed by atoms with E-state index in [4.69, 9.17) is 14.6 Å².